The van der Waals surface area contributed by atoms with E-state index in [9.17, 15) is 9.18 Å². The Morgan fingerprint density at radius 1 is 1.25 bits per heavy atom. The molecule has 0 aliphatic rings. The van der Waals surface area contributed by atoms with Crippen LogP contribution < -0.4 is 5.73 Å². The number of halogens is 1. The second-order valence-electron chi connectivity index (χ2n) is 6.64. The van der Waals surface area contributed by atoms with E-state index in [-0.39, 0.29) is 17.5 Å². The zero-order valence-electron chi connectivity index (χ0n) is 14.9. The van der Waals surface area contributed by atoms with Gasteiger partial charge in [0.15, 0.2) is 0 Å². The molecule has 1 atom stereocenters. The summed E-state index contributed by atoms with van der Waals surface area (Å²) in [5, 5.41) is 0. The van der Waals surface area contributed by atoms with Crippen LogP contribution in [0.5, 0.6) is 0 Å². The first-order valence-electron chi connectivity index (χ1n) is 8.16. The maximum Gasteiger partial charge on any atom is 0.255 e. The van der Waals surface area contributed by atoms with Crippen LogP contribution in [0.1, 0.15) is 42.0 Å². The first-order chi connectivity index (χ1) is 11.2. The molecule has 5 nitrogen and oxygen atoms in total. The molecule has 2 N–H and O–H groups in total. The number of carbonyl (C=O) groups excluding carboxylic acids is 1. The molecule has 6 heteroatoms. The van der Waals surface area contributed by atoms with E-state index in [1.165, 1.54) is 12.1 Å². The van der Waals surface area contributed by atoms with Gasteiger partial charge in [0.1, 0.15) is 11.3 Å². The number of hydrogen-bond donors (Lipinski definition) is 1. The van der Waals surface area contributed by atoms with Crippen LogP contribution in [0.3, 0.4) is 0 Å². The summed E-state index contributed by atoms with van der Waals surface area (Å²) >= 11 is 0. The predicted octanol–water partition coefficient (Wildman–Crippen LogP) is 2.83. The van der Waals surface area contributed by atoms with Gasteiger partial charge in [-0.25, -0.2) is 14.4 Å². The maximum absolute atomic E-state index is 13.9. The van der Waals surface area contributed by atoms with Crippen LogP contribution in [0.25, 0.3) is 11.0 Å². The zero-order chi connectivity index (χ0) is 18.0. The highest BCUT2D eigenvalue weighted by Gasteiger charge is 2.19. The molecule has 1 unspecified atom stereocenters. The Morgan fingerprint density at radius 3 is 2.50 bits per heavy atom. The lowest BCUT2D eigenvalue weighted by Crippen LogP contribution is -2.34. The van der Waals surface area contributed by atoms with Gasteiger partial charge in [-0.3, -0.25) is 4.79 Å². The molecule has 0 radical (unpaired) electrons. The summed E-state index contributed by atoms with van der Waals surface area (Å²) in [6.45, 7) is 8.24. The molecule has 0 aliphatic heterocycles. The summed E-state index contributed by atoms with van der Waals surface area (Å²) in [4.78, 5) is 23.1. The van der Waals surface area contributed by atoms with E-state index in [2.05, 4.69) is 9.97 Å². The van der Waals surface area contributed by atoms with Crippen molar-refractivity contribution in [2.75, 3.05) is 13.6 Å². The van der Waals surface area contributed by atoms with Crippen LogP contribution >= 0.6 is 0 Å². The standard InChI is InChI=1S/C18H25FN4O/c1-10(2)15(20)6-7-23(5)18(24)14-8-13(19)9-16-17(14)22-12(4)11(3)21-16/h8-10,15H,6-7,20H2,1-5H3. The third kappa shape index (κ3) is 3.87. The van der Waals surface area contributed by atoms with Crippen molar-refractivity contribution in [1.82, 2.24) is 14.9 Å². The van der Waals surface area contributed by atoms with Crippen LogP contribution in [0.15, 0.2) is 12.1 Å². The molecule has 1 heterocycles. The van der Waals surface area contributed by atoms with E-state index in [0.717, 1.165) is 11.4 Å². The van der Waals surface area contributed by atoms with E-state index in [4.69, 9.17) is 5.73 Å². The van der Waals surface area contributed by atoms with Gasteiger partial charge >= 0.3 is 0 Å². The highest BCUT2D eigenvalue weighted by Crippen LogP contribution is 2.20. The fourth-order valence-corrected chi connectivity index (χ4v) is 2.44. The van der Waals surface area contributed by atoms with Gasteiger partial charge in [-0.1, -0.05) is 13.8 Å². The van der Waals surface area contributed by atoms with E-state index in [1.807, 2.05) is 27.7 Å². The number of hydrogen-bond acceptors (Lipinski definition) is 4. The van der Waals surface area contributed by atoms with Crippen LogP contribution in [-0.4, -0.2) is 40.4 Å². The SMILES string of the molecule is Cc1nc2cc(F)cc(C(=O)N(C)CCC(N)C(C)C)c2nc1C. The van der Waals surface area contributed by atoms with Crippen molar-refractivity contribution in [2.24, 2.45) is 11.7 Å². The van der Waals surface area contributed by atoms with Gasteiger partial charge in [-0.15, -0.1) is 0 Å². The first-order valence-corrected chi connectivity index (χ1v) is 8.16. The summed E-state index contributed by atoms with van der Waals surface area (Å²) in [5.41, 5.74) is 8.56. The number of nitrogens with zero attached hydrogens (tertiary/aromatic N) is 3. The van der Waals surface area contributed by atoms with Gasteiger partial charge in [-0.05, 0) is 32.3 Å². The molecule has 0 saturated heterocycles. The molecule has 1 aromatic carbocycles. The van der Waals surface area contributed by atoms with Crippen molar-refractivity contribution in [1.29, 1.82) is 0 Å². The van der Waals surface area contributed by atoms with Crippen LogP contribution in [0.4, 0.5) is 4.39 Å². The Labute approximate surface area is 142 Å². The Balaban J connectivity index is 2.33. The quantitative estimate of drug-likeness (QED) is 0.914. The van der Waals surface area contributed by atoms with Crippen LogP contribution in [0.2, 0.25) is 0 Å². The number of aromatic nitrogens is 2. The zero-order valence-corrected chi connectivity index (χ0v) is 14.9. The van der Waals surface area contributed by atoms with Gasteiger partial charge in [0.25, 0.3) is 5.91 Å². The third-order valence-electron chi connectivity index (χ3n) is 4.38. The summed E-state index contributed by atoms with van der Waals surface area (Å²) in [6, 6.07) is 2.56. The molecular weight excluding hydrogens is 307 g/mol. The highest BCUT2D eigenvalue weighted by atomic mass is 19.1. The van der Waals surface area contributed by atoms with Crippen molar-refractivity contribution < 1.29 is 9.18 Å². The lowest BCUT2D eigenvalue weighted by Gasteiger charge is -2.22. The lowest BCUT2D eigenvalue weighted by molar-refractivity contribution is 0.0790. The van der Waals surface area contributed by atoms with Gasteiger partial charge in [0.05, 0.1) is 22.5 Å². The summed E-state index contributed by atoms with van der Waals surface area (Å²) in [5.74, 6) is -0.413. The molecule has 2 aromatic rings. The molecule has 0 fully saturated rings. The van der Waals surface area contributed by atoms with Gasteiger partial charge in [-0.2, -0.15) is 0 Å². The Bertz CT molecular complexity index is 760. The Morgan fingerprint density at radius 2 is 1.88 bits per heavy atom. The highest BCUT2D eigenvalue weighted by molar-refractivity contribution is 6.04. The molecule has 0 bridgehead atoms. The second kappa shape index (κ2) is 7.21. The summed E-state index contributed by atoms with van der Waals surface area (Å²) in [7, 11) is 1.70. The van der Waals surface area contributed by atoms with Crippen molar-refractivity contribution in [3.05, 3.63) is 34.9 Å². The van der Waals surface area contributed by atoms with Crippen molar-refractivity contribution in [2.45, 2.75) is 40.2 Å². The van der Waals surface area contributed by atoms with E-state index in [1.54, 1.807) is 11.9 Å². The molecule has 0 aliphatic carbocycles. The van der Waals surface area contributed by atoms with E-state index < -0.39 is 5.82 Å². The molecule has 1 amide bonds. The van der Waals surface area contributed by atoms with Gasteiger partial charge in [0.2, 0.25) is 0 Å². The van der Waals surface area contributed by atoms with Crippen LogP contribution in [-0.2, 0) is 0 Å². The topological polar surface area (TPSA) is 72.1 Å². The molecule has 2 rings (SSSR count). The number of aryl methyl sites for hydroxylation is 2. The monoisotopic (exact) mass is 332 g/mol. The molecular formula is C18H25FN4O. The fraction of sp³-hybridized carbons (Fsp3) is 0.500. The molecule has 130 valence electrons. The minimum atomic E-state index is -0.490. The summed E-state index contributed by atoms with van der Waals surface area (Å²) < 4.78 is 13.9. The number of nitrogens with two attached hydrogens (primary N) is 1. The fourth-order valence-electron chi connectivity index (χ4n) is 2.44. The second-order valence-corrected chi connectivity index (χ2v) is 6.64. The van der Waals surface area contributed by atoms with Crippen molar-refractivity contribution in [3.8, 4) is 0 Å². The number of carbonyl (C=O) groups is 1. The van der Waals surface area contributed by atoms with E-state index >= 15 is 0 Å². The predicted molar refractivity (Wildman–Crippen MR) is 93.4 cm³/mol. The van der Waals surface area contributed by atoms with Gasteiger partial charge in [0, 0.05) is 25.7 Å². The maximum atomic E-state index is 13.9. The minimum absolute atomic E-state index is 0.0224. The van der Waals surface area contributed by atoms with Crippen molar-refractivity contribution >= 4 is 16.9 Å². The smallest absolute Gasteiger partial charge is 0.255 e. The third-order valence-corrected chi connectivity index (χ3v) is 4.38. The van der Waals surface area contributed by atoms with Gasteiger partial charge < -0.3 is 10.6 Å². The summed E-state index contributed by atoms with van der Waals surface area (Å²) in [6.07, 6.45) is 0.691. The number of fused-ring (bicyclic) bond motifs is 1. The number of rotatable bonds is 5. The minimum Gasteiger partial charge on any atom is -0.342 e. The normalized spacial score (nSPS) is 12.7. The Kier molecular flexibility index (Phi) is 5.49. The largest absolute Gasteiger partial charge is 0.342 e. The number of benzene rings is 1. The van der Waals surface area contributed by atoms with Crippen molar-refractivity contribution in [3.63, 3.8) is 0 Å². The molecule has 0 saturated carbocycles. The number of amides is 1. The average Bonchev–Trinajstić information content (AvgIpc) is 2.52. The molecule has 0 spiro atoms. The first kappa shape index (κ1) is 18.3. The molecule has 24 heavy (non-hydrogen) atoms. The van der Waals surface area contributed by atoms with E-state index in [0.29, 0.717) is 29.9 Å². The average molecular weight is 332 g/mol. The Hall–Kier alpha value is -2.08. The lowest BCUT2D eigenvalue weighted by atomic mass is 10.0. The molecule has 1 aromatic heterocycles. The van der Waals surface area contributed by atoms with Crippen LogP contribution in [0, 0.1) is 25.6 Å².